The van der Waals surface area contributed by atoms with Crippen LogP contribution in [0.4, 0.5) is 11.5 Å². The van der Waals surface area contributed by atoms with Crippen molar-refractivity contribution in [3.63, 3.8) is 0 Å². The zero-order valence-corrected chi connectivity index (χ0v) is 10.8. The summed E-state index contributed by atoms with van der Waals surface area (Å²) in [6, 6.07) is 5.09. The number of carbonyl (C=O) groups is 1. The second kappa shape index (κ2) is 5.24. The Hall–Kier alpha value is -1.79. The van der Waals surface area contributed by atoms with Gasteiger partial charge < -0.3 is 16.2 Å². The first kappa shape index (κ1) is 12.7. The summed E-state index contributed by atoms with van der Waals surface area (Å²) in [5, 5.41) is 11.8. The quantitative estimate of drug-likeness (QED) is 0.803. The highest BCUT2D eigenvalue weighted by molar-refractivity contribution is 7.16. The Kier molecular flexibility index (Phi) is 3.69. The van der Waals surface area contributed by atoms with Crippen molar-refractivity contribution < 1.29 is 9.90 Å². The number of nitrogens with zero attached hydrogens (tertiary/aromatic N) is 1. The van der Waals surface area contributed by atoms with Crippen molar-refractivity contribution in [2.75, 3.05) is 11.1 Å². The molecule has 5 nitrogen and oxygen atoms in total. The van der Waals surface area contributed by atoms with Crippen molar-refractivity contribution in [2.24, 2.45) is 0 Å². The van der Waals surface area contributed by atoms with Crippen LogP contribution in [-0.2, 0) is 6.54 Å². The number of aromatic carboxylic acids is 1. The van der Waals surface area contributed by atoms with Gasteiger partial charge in [-0.1, -0.05) is 11.6 Å². The maximum atomic E-state index is 10.7. The van der Waals surface area contributed by atoms with Crippen LogP contribution in [0.1, 0.15) is 15.2 Å². The Balaban J connectivity index is 2.08. The van der Waals surface area contributed by atoms with Crippen LogP contribution in [0.3, 0.4) is 0 Å². The third-order valence-electron chi connectivity index (χ3n) is 2.22. The molecule has 0 spiro atoms. The fourth-order valence-electron chi connectivity index (χ4n) is 1.36. The van der Waals surface area contributed by atoms with Crippen LogP contribution in [0.5, 0.6) is 0 Å². The van der Waals surface area contributed by atoms with Gasteiger partial charge in [-0.15, -0.1) is 11.3 Å². The van der Waals surface area contributed by atoms with E-state index in [0.717, 1.165) is 4.88 Å². The third-order valence-corrected chi connectivity index (χ3v) is 3.45. The summed E-state index contributed by atoms with van der Waals surface area (Å²) in [6.07, 6.45) is 1.27. The number of nitrogen functional groups attached to an aromatic ring is 1. The van der Waals surface area contributed by atoms with E-state index in [1.807, 2.05) is 12.1 Å². The van der Waals surface area contributed by atoms with Gasteiger partial charge in [-0.25, -0.2) is 9.78 Å². The van der Waals surface area contributed by atoms with E-state index < -0.39 is 5.97 Å². The molecule has 94 valence electrons. The van der Waals surface area contributed by atoms with Crippen LogP contribution in [0.2, 0.25) is 4.34 Å². The van der Waals surface area contributed by atoms with Gasteiger partial charge in [0.25, 0.3) is 0 Å². The zero-order valence-electron chi connectivity index (χ0n) is 9.18. The average Bonchev–Trinajstić information content (AvgIpc) is 2.73. The lowest BCUT2D eigenvalue weighted by Crippen LogP contribution is -2.06. The fourth-order valence-corrected chi connectivity index (χ4v) is 2.39. The Bertz CT molecular complexity index is 585. The van der Waals surface area contributed by atoms with E-state index in [4.69, 9.17) is 22.4 Å². The van der Waals surface area contributed by atoms with E-state index in [0.29, 0.717) is 22.4 Å². The van der Waals surface area contributed by atoms with Crippen LogP contribution in [0.25, 0.3) is 0 Å². The number of nitrogens with one attached hydrogen (secondary N) is 1. The van der Waals surface area contributed by atoms with E-state index in [2.05, 4.69) is 10.3 Å². The molecule has 0 aliphatic carbocycles. The van der Waals surface area contributed by atoms with Crippen molar-refractivity contribution in [3.05, 3.63) is 39.2 Å². The Morgan fingerprint density at radius 3 is 2.89 bits per heavy atom. The number of pyridine rings is 1. The standard InChI is InChI=1S/C11H10ClN3O2S/c12-9-2-1-7(18-9)5-15-10-8(13)3-6(4-14-10)11(16)17/h1-4H,5,13H2,(H,14,15)(H,16,17). The van der Waals surface area contributed by atoms with E-state index >= 15 is 0 Å². The molecule has 0 aromatic carbocycles. The molecule has 18 heavy (non-hydrogen) atoms. The smallest absolute Gasteiger partial charge is 0.337 e. The Morgan fingerprint density at radius 1 is 1.56 bits per heavy atom. The van der Waals surface area contributed by atoms with Crippen molar-refractivity contribution in [2.45, 2.75) is 6.54 Å². The molecule has 4 N–H and O–H groups in total. The van der Waals surface area contributed by atoms with Crippen molar-refractivity contribution in [3.8, 4) is 0 Å². The first-order valence-corrected chi connectivity index (χ1v) is 6.22. The van der Waals surface area contributed by atoms with Gasteiger partial charge in [0.2, 0.25) is 0 Å². The number of hydrogen-bond donors (Lipinski definition) is 3. The monoisotopic (exact) mass is 283 g/mol. The van der Waals surface area contributed by atoms with Gasteiger partial charge in [0, 0.05) is 11.1 Å². The summed E-state index contributed by atoms with van der Waals surface area (Å²) in [5.41, 5.74) is 6.09. The molecule has 0 unspecified atom stereocenters. The lowest BCUT2D eigenvalue weighted by molar-refractivity contribution is 0.0696. The molecule has 7 heteroatoms. The van der Waals surface area contributed by atoms with E-state index in [1.165, 1.54) is 23.6 Å². The summed E-state index contributed by atoms with van der Waals surface area (Å²) in [4.78, 5) is 15.7. The van der Waals surface area contributed by atoms with Gasteiger partial charge in [0.15, 0.2) is 0 Å². The SMILES string of the molecule is Nc1cc(C(=O)O)cnc1NCc1ccc(Cl)s1. The lowest BCUT2D eigenvalue weighted by atomic mass is 10.2. The molecule has 2 heterocycles. The minimum absolute atomic E-state index is 0.0669. The van der Waals surface area contributed by atoms with E-state index in [-0.39, 0.29) is 5.56 Å². The first-order valence-electron chi connectivity index (χ1n) is 5.03. The number of carboxylic acid groups (broad SMARTS) is 1. The fraction of sp³-hybridized carbons (Fsp3) is 0.0909. The first-order chi connectivity index (χ1) is 8.56. The molecule has 0 aliphatic rings. The summed E-state index contributed by atoms with van der Waals surface area (Å²) in [7, 11) is 0. The summed E-state index contributed by atoms with van der Waals surface area (Å²) in [6.45, 7) is 0.543. The predicted octanol–water partition coefficient (Wildman–Crippen LogP) is 2.69. The van der Waals surface area contributed by atoms with Gasteiger partial charge in [-0.05, 0) is 18.2 Å². The van der Waals surface area contributed by atoms with Crippen molar-refractivity contribution in [1.29, 1.82) is 0 Å². The van der Waals surface area contributed by atoms with Gasteiger partial charge in [0.05, 0.1) is 22.1 Å². The maximum Gasteiger partial charge on any atom is 0.337 e. The average molecular weight is 284 g/mol. The number of thiophene rings is 1. The lowest BCUT2D eigenvalue weighted by Gasteiger charge is -2.07. The summed E-state index contributed by atoms with van der Waals surface area (Å²) in [5.74, 6) is -0.588. The number of nitrogens with two attached hydrogens (primary N) is 1. The minimum Gasteiger partial charge on any atom is -0.478 e. The highest BCUT2D eigenvalue weighted by atomic mass is 35.5. The van der Waals surface area contributed by atoms with Gasteiger partial charge in [-0.3, -0.25) is 0 Å². The normalized spacial score (nSPS) is 10.3. The number of hydrogen-bond acceptors (Lipinski definition) is 5. The van der Waals surface area contributed by atoms with Gasteiger partial charge in [0.1, 0.15) is 5.82 Å². The maximum absolute atomic E-state index is 10.7. The van der Waals surface area contributed by atoms with Crippen LogP contribution < -0.4 is 11.1 Å². The van der Waals surface area contributed by atoms with Gasteiger partial charge >= 0.3 is 5.97 Å². The van der Waals surface area contributed by atoms with E-state index in [9.17, 15) is 4.79 Å². The zero-order chi connectivity index (χ0) is 13.1. The molecule has 0 radical (unpaired) electrons. The third kappa shape index (κ3) is 2.91. The number of aromatic nitrogens is 1. The van der Waals surface area contributed by atoms with Gasteiger partial charge in [-0.2, -0.15) is 0 Å². The number of carboxylic acids is 1. The Morgan fingerprint density at radius 2 is 2.33 bits per heavy atom. The molecule has 0 atom stereocenters. The molecular weight excluding hydrogens is 274 g/mol. The molecule has 0 saturated carbocycles. The van der Waals surface area contributed by atoms with Crippen LogP contribution in [0.15, 0.2) is 24.4 Å². The predicted molar refractivity (Wildman–Crippen MR) is 72.3 cm³/mol. The van der Waals surface area contributed by atoms with Crippen LogP contribution in [0, 0.1) is 0 Å². The number of anilines is 2. The number of rotatable bonds is 4. The topological polar surface area (TPSA) is 88.2 Å². The largest absolute Gasteiger partial charge is 0.478 e. The summed E-state index contributed by atoms with van der Waals surface area (Å²) >= 11 is 7.28. The van der Waals surface area contributed by atoms with Crippen molar-refractivity contribution in [1.82, 2.24) is 4.98 Å². The highest BCUT2D eigenvalue weighted by Crippen LogP contribution is 2.23. The number of halogens is 1. The molecule has 0 saturated heterocycles. The molecule has 2 aromatic heterocycles. The molecule has 0 amide bonds. The molecular formula is C11H10ClN3O2S. The van der Waals surface area contributed by atoms with E-state index in [1.54, 1.807) is 0 Å². The highest BCUT2D eigenvalue weighted by Gasteiger charge is 2.07. The van der Waals surface area contributed by atoms with Crippen molar-refractivity contribution >= 4 is 40.4 Å². The molecule has 2 aromatic rings. The summed E-state index contributed by atoms with van der Waals surface area (Å²) < 4.78 is 0.717. The molecule has 2 rings (SSSR count). The molecule has 0 bridgehead atoms. The van der Waals surface area contributed by atoms with Crippen LogP contribution >= 0.6 is 22.9 Å². The Labute approximate surface area is 112 Å². The second-order valence-electron chi connectivity index (χ2n) is 3.53. The molecule has 0 fully saturated rings. The molecule has 0 aliphatic heterocycles. The minimum atomic E-state index is -1.05. The van der Waals surface area contributed by atoms with Crippen LogP contribution in [-0.4, -0.2) is 16.1 Å². The second-order valence-corrected chi connectivity index (χ2v) is 5.33.